The zero-order valence-corrected chi connectivity index (χ0v) is 24.2. The molecule has 4 aromatic rings. The van der Waals surface area contributed by atoms with Gasteiger partial charge in [0.1, 0.15) is 5.82 Å². The van der Waals surface area contributed by atoms with Crippen molar-refractivity contribution in [2.75, 3.05) is 0 Å². The smallest absolute Gasteiger partial charge is 0.416 e. The predicted octanol–water partition coefficient (Wildman–Crippen LogP) is 7.56. The Kier molecular flexibility index (Phi) is 9.19. The Bertz CT molecular complexity index is 1750. The van der Waals surface area contributed by atoms with Gasteiger partial charge in [0.25, 0.3) is 11.8 Å². The number of nitrogens with two attached hydrogens (primary N) is 1. The Morgan fingerprint density at radius 3 is 1.96 bits per heavy atom. The number of hydrogen-bond acceptors (Lipinski definition) is 3. The molecule has 1 atom stereocenters. The molecule has 0 bridgehead atoms. The molecule has 0 unspecified atom stereocenters. The number of ether oxygens (including phenoxy) is 1. The number of benzene rings is 4. The van der Waals surface area contributed by atoms with E-state index in [2.05, 4.69) is 5.32 Å². The van der Waals surface area contributed by atoms with Crippen LogP contribution in [0.4, 0.5) is 35.1 Å². The summed E-state index contributed by atoms with van der Waals surface area (Å²) in [7, 11) is 0. The number of carbonyl (C=O) groups excluding carboxylic acids is 2. The fraction of sp³-hybridized carbons (Fsp3) is 0.212. The van der Waals surface area contributed by atoms with E-state index in [0.29, 0.717) is 17.7 Å². The standard InChI is InChI=1S/C33H26F8N2O3/c1-30(2,29(42)45)46-27-17-21(11-12-26(27)35)31(18-19-7-4-3-5-8-19,23-14-24(33(39,40)41)16-25(34)15-23)43-28(44)20-9-6-10-22(13-20)32(36,37)38/h3-17H,18H2,1-2H3,(H2,42,45)(H,43,44)/t31-/m1/s1. The molecule has 5 nitrogen and oxygen atoms in total. The highest BCUT2D eigenvalue weighted by Gasteiger charge is 2.41. The summed E-state index contributed by atoms with van der Waals surface area (Å²) in [6.45, 7) is 2.46. The van der Waals surface area contributed by atoms with Crippen molar-refractivity contribution >= 4 is 11.8 Å². The van der Waals surface area contributed by atoms with E-state index in [1.165, 1.54) is 13.8 Å². The number of hydrogen-bond donors (Lipinski definition) is 2. The number of nitrogens with one attached hydrogen (secondary N) is 1. The highest BCUT2D eigenvalue weighted by molar-refractivity contribution is 5.95. The van der Waals surface area contributed by atoms with E-state index in [9.17, 15) is 40.3 Å². The molecule has 0 aromatic heterocycles. The van der Waals surface area contributed by atoms with Gasteiger partial charge in [-0.2, -0.15) is 26.3 Å². The molecule has 0 aliphatic rings. The van der Waals surface area contributed by atoms with Gasteiger partial charge in [-0.05, 0) is 79.1 Å². The molecule has 2 amide bonds. The summed E-state index contributed by atoms with van der Waals surface area (Å²) in [6.07, 6.45) is -10.3. The zero-order valence-electron chi connectivity index (χ0n) is 24.2. The third kappa shape index (κ3) is 7.47. The van der Waals surface area contributed by atoms with Crippen molar-refractivity contribution in [1.29, 1.82) is 0 Å². The summed E-state index contributed by atoms with van der Waals surface area (Å²) < 4.78 is 118. The van der Waals surface area contributed by atoms with Crippen LogP contribution in [0.2, 0.25) is 0 Å². The van der Waals surface area contributed by atoms with Gasteiger partial charge in [0, 0.05) is 12.0 Å². The number of amides is 2. The third-order valence-corrected chi connectivity index (χ3v) is 7.19. The van der Waals surface area contributed by atoms with Crippen LogP contribution in [0.25, 0.3) is 0 Å². The largest absolute Gasteiger partial charge is 0.475 e. The number of alkyl halides is 6. The van der Waals surface area contributed by atoms with E-state index in [-0.39, 0.29) is 11.6 Å². The van der Waals surface area contributed by atoms with Gasteiger partial charge in [0.2, 0.25) is 0 Å². The minimum absolute atomic E-state index is 0.160. The van der Waals surface area contributed by atoms with Crippen molar-refractivity contribution < 1.29 is 49.4 Å². The monoisotopic (exact) mass is 650 g/mol. The van der Waals surface area contributed by atoms with E-state index in [1.807, 2.05) is 0 Å². The molecule has 0 heterocycles. The first-order valence-corrected chi connectivity index (χ1v) is 13.5. The van der Waals surface area contributed by atoms with Gasteiger partial charge in [0.05, 0.1) is 16.7 Å². The van der Waals surface area contributed by atoms with Crippen molar-refractivity contribution in [2.45, 2.75) is 43.8 Å². The SMILES string of the molecule is CC(C)(Oc1cc([C@@](Cc2ccccc2)(NC(=O)c2cccc(C(F)(F)F)c2)c2cc(F)cc(C(F)(F)F)c2)ccc1F)C(N)=O. The average Bonchev–Trinajstić information content (AvgIpc) is 2.97. The van der Waals surface area contributed by atoms with E-state index < -0.39 is 81.4 Å². The average molecular weight is 651 g/mol. The highest BCUT2D eigenvalue weighted by atomic mass is 19.4. The minimum Gasteiger partial charge on any atom is -0.475 e. The second-order valence-corrected chi connectivity index (χ2v) is 10.9. The quantitative estimate of drug-likeness (QED) is 0.184. The maximum atomic E-state index is 15.1. The number of carbonyl (C=O) groups is 2. The van der Waals surface area contributed by atoms with Crippen LogP contribution in [0.5, 0.6) is 5.75 Å². The van der Waals surface area contributed by atoms with E-state index >= 15 is 4.39 Å². The van der Waals surface area contributed by atoms with Gasteiger partial charge in [0.15, 0.2) is 17.2 Å². The fourth-order valence-electron chi connectivity index (χ4n) is 4.74. The summed E-state index contributed by atoms with van der Waals surface area (Å²) in [4.78, 5) is 25.7. The molecule has 0 aliphatic heterocycles. The van der Waals surface area contributed by atoms with Crippen molar-refractivity contribution in [3.8, 4) is 5.75 Å². The molecule has 0 spiro atoms. The number of rotatable bonds is 9. The lowest BCUT2D eigenvalue weighted by atomic mass is 9.77. The number of primary amides is 1. The predicted molar refractivity (Wildman–Crippen MR) is 152 cm³/mol. The molecule has 13 heteroatoms. The first kappa shape index (κ1) is 33.9. The lowest BCUT2D eigenvalue weighted by Crippen LogP contribution is -2.49. The Balaban J connectivity index is 2.04. The first-order valence-electron chi connectivity index (χ1n) is 13.5. The van der Waals surface area contributed by atoms with Crippen molar-refractivity contribution in [2.24, 2.45) is 5.73 Å². The van der Waals surface area contributed by atoms with E-state index in [4.69, 9.17) is 10.5 Å². The summed E-state index contributed by atoms with van der Waals surface area (Å²) in [5.41, 5.74) is -2.00. The molecule has 46 heavy (non-hydrogen) atoms. The molecule has 0 saturated carbocycles. The second kappa shape index (κ2) is 12.5. The normalized spacial score (nSPS) is 13.5. The molecule has 0 aliphatic carbocycles. The molecule has 4 rings (SSSR count). The second-order valence-electron chi connectivity index (χ2n) is 10.9. The van der Waals surface area contributed by atoms with E-state index in [1.54, 1.807) is 30.3 Å². The topological polar surface area (TPSA) is 81.4 Å². The van der Waals surface area contributed by atoms with Crippen LogP contribution < -0.4 is 15.8 Å². The van der Waals surface area contributed by atoms with Crippen LogP contribution in [0.1, 0.15) is 52.0 Å². The summed E-state index contributed by atoms with van der Waals surface area (Å²) in [6, 6.07) is 15.6. The van der Waals surface area contributed by atoms with Crippen LogP contribution in [0.3, 0.4) is 0 Å². The van der Waals surface area contributed by atoms with E-state index in [0.717, 1.165) is 42.5 Å². The Morgan fingerprint density at radius 1 is 0.717 bits per heavy atom. The summed E-state index contributed by atoms with van der Waals surface area (Å²) in [5, 5.41) is 2.53. The molecule has 0 saturated heterocycles. The van der Waals surface area contributed by atoms with Gasteiger partial charge in [-0.15, -0.1) is 0 Å². The zero-order chi connectivity index (χ0) is 34.1. The maximum absolute atomic E-state index is 15.1. The molecule has 3 N–H and O–H groups in total. The maximum Gasteiger partial charge on any atom is 0.416 e. The van der Waals surface area contributed by atoms with Crippen molar-refractivity contribution in [3.05, 3.63) is 136 Å². The van der Waals surface area contributed by atoms with Gasteiger partial charge in [-0.1, -0.05) is 42.5 Å². The molecular weight excluding hydrogens is 624 g/mol. The molecule has 0 fully saturated rings. The van der Waals surface area contributed by atoms with Gasteiger partial charge in [-0.3, -0.25) is 9.59 Å². The minimum atomic E-state index is -5.05. The van der Waals surface area contributed by atoms with Gasteiger partial charge >= 0.3 is 12.4 Å². The summed E-state index contributed by atoms with van der Waals surface area (Å²) >= 11 is 0. The molecule has 4 aromatic carbocycles. The molecular formula is C33H26F8N2O3. The lowest BCUT2D eigenvalue weighted by Gasteiger charge is -2.37. The summed E-state index contributed by atoms with van der Waals surface area (Å²) in [5.74, 6) is -5.13. The fourth-order valence-corrected chi connectivity index (χ4v) is 4.74. The lowest BCUT2D eigenvalue weighted by molar-refractivity contribution is -0.138. The highest BCUT2D eigenvalue weighted by Crippen LogP contribution is 2.40. The van der Waals surface area contributed by atoms with Crippen molar-refractivity contribution in [3.63, 3.8) is 0 Å². The first-order chi connectivity index (χ1) is 21.3. The third-order valence-electron chi connectivity index (χ3n) is 7.19. The van der Waals surface area contributed by atoms with Crippen LogP contribution in [0, 0.1) is 11.6 Å². The Labute approximate surface area is 258 Å². The molecule has 242 valence electrons. The van der Waals surface area contributed by atoms with Crippen LogP contribution in [0.15, 0.2) is 91.0 Å². The van der Waals surface area contributed by atoms with Crippen LogP contribution in [-0.2, 0) is 29.1 Å². The van der Waals surface area contributed by atoms with Gasteiger partial charge < -0.3 is 15.8 Å². The Hall–Kier alpha value is -4.94. The van der Waals surface area contributed by atoms with Crippen LogP contribution >= 0.6 is 0 Å². The molecule has 0 radical (unpaired) electrons. The van der Waals surface area contributed by atoms with Crippen molar-refractivity contribution in [1.82, 2.24) is 5.32 Å². The Morgan fingerprint density at radius 2 is 1.35 bits per heavy atom. The number of halogens is 8. The van der Waals surface area contributed by atoms with Crippen LogP contribution in [-0.4, -0.2) is 17.4 Å². The van der Waals surface area contributed by atoms with Gasteiger partial charge in [-0.25, -0.2) is 8.78 Å².